The van der Waals surface area contributed by atoms with E-state index in [-0.39, 0.29) is 6.54 Å². The quantitative estimate of drug-likeness (QED) is 0.718. The first-order valence-electron chi connectivity index (χ1n) is 6.85. The monoisotopic (exact) mass is 295 g/mol. The number of hydrogen-bond donors (Lipinski definition) is 3. The molecule has 3 N–H and O–H groups in total. The Kier molecular flexibility index (Phi) is 3.31. The Balaban J connectivity index is 2.44. The molecule has 0 amide bonds. The third-order valence-electron chi connectivity index (χ3n) is 4.30. The van der Waals surface area contributed by atoms with Crippen LogP contribution in [0.4, 0.5) is 0 Å². The minimum absolute atomic E-state index is 0.138. The molecule has 2 atom stereocenters. The minimum Gasteiger partial charge on any atom is -0.481 e. The van der Waals surface area contributed by atoms with Crippen molar-refractivity contribution in [3.8, 4) is 0 Å². The van der Waals surface area contributed by atoms with E-state index >= 15 is 0 Å². The largest absolute Gasteiger partial charge is 0.481 e. The van der Waals surface area contributed by atoms with Crippen molar-refractivity contribution < 1.29 is 24.5 Å². The molecule has 0 bridgehead atoms. The average Bonchev–Trinajstić information content (AvgIpc) is 2.35. The number of carboxylic acid groups (broad SMARTS) is 2. The molecule has 2 aliphatic rings. The molecule has 0 radical (unpaired) electrons. The minimum atomic E-state index is -1.44. The third-order valence-corrected chi connectivity index (χ3v) is 4.30. The molecule has 0 aromatic rings. The Morgan fingerprint density at radius 1 is 1.29 bits per heavy atom. The summed E-state index contributed by atoms with van der Waals surface area (Å²) in [5.74, 6) is -1.73. The van der Waals surface area contributed by atoms with Crippen LogP contribution in [0.25, 0.3) is 0 Å². The highest BCUT2D eigenvalue weighted by Gasteiger charge is 2.55. The Hall–Kier alpha value is -1.98. The SMILES string of the molecule is CC1(C(=O)O)C=C2OC(C(=O)O)(C(C)(C)C)CNC2=CC1. The van der Waals surface area contributed by atoms with E-state index in [1.54, 1.807) is 33.8 Å². The van der Waals surface area contributed by atoms with Crippen LogP contribution < -0.4 is 5.32 Å². The molecule has 1 heterocycles. The van der Waals surface area contributed by atoms with E-state index in [2.05, 4.69) is 5.32 Å². The maximum atomic E-state index is 11.8. The predicted octanol–water partition coefficient (Wildman–Crippen LogP) is 1.74. The van der Waals surface area contributed by atoms with E-state index in [1.165, 1.54) is 6.08 Å². The molecule has 0 saturated carbocycles. The van der Waals surface area contributed by atoms with E-state index in [0.29, 0.717) is 17.9 Å². The van der Waals surface area contributed by atoms with Crippen LogP contribution in [-0.2, 0) is 14.3 Å². The summed E-state index contributed by atoms with van der Waals surface area (Å²) in [6.45, 7) is 7.10. The molecule has 6 nitrogen and oxygen atoms in total. The molecule has 116 valence electrons. The van der Waals surface area contributed by atoms with Gasteiger partial charge in [-0.15, -0.1) is 0 Å². The summed E-state index contributed by atoms with van der Waals surface area (Å²) < 4.78 is 5.82. The van der Waals surface area contributed by atoms with Gasteiger partial charge in [0.05, 0.1) is 17.7 Å². The van der Waals surface area contributed by atoms with Crippen LogP contribution >= 0.6 is 0 Å². The van der Waals surface area contributed by atoms with E-state index < -0.39 is 28.4 Å². The first-order valence-corrected chi connectivity index (χ1v) is 6.85. The Morgan fingerprint density at radius 3 is 2.38 bits per heavy atom. The van der Waals surface area contributed by atoms with Gasteiger partial charge in [0.2, 0.25) is 5.60 Å². The van der Waals surface area contributed by atoms with Crippen molar-refractivity contribution in [1.82, 2.24) is 5.32 Å². The smallest absolute Gasteiger partial charge is 0.350 e. The number of morpholine rings is 1. The third kappa shape index (κ3) is 2.28. The van der Waals surface area contributed by atoms with Gasteiger partial charge in [-0.05, 0) is 19.4 Å². The Labute approximate surface area is 123 Å². The number of carboxylic acids is 2. The van der Waals surface area contributed by atoms with Crippen molar-refractivity contribution in [1.29, 1.82) is 0 Å². The highest BCUT2D eigenvalue weighted by molar-refractivity contribution is 5.81. The lowest BCUT2D eigenvalue weighted by Crippen LogP contribution is -2.61. The molecular formula is C15H21NO5. The molecule has 1 fully saturated rings. The number of fused-ring (bicyclic) bond motifs is 1. The lowest BCUT2D eigenvalue weighted by atomic mass is 9.74. The van der Waals surface area contributed by atoms with Crippen LogP contribution in [0, 0.1) is 10.8 Å². The Bertz CT molecular complexity index is 557. The van der Waals surface area contributed by atoms with E-state index in [4.69, 9.17) is 4.74 Å². The van der Waals surface area contributed by atoms with Crippen LogP contribution in [0.15, 0.2) is 23.6 Å². The Morgan fingerprint density at radius 2 is 1.90 bits per heavy atom. The van der Waals surface area contributed by atoms with E-state index in [1.807, 2.05) is 0 Å². The van der Waals surface area contributed by atoms with Gasteiger partial charge in [-0.25, -0.2) is 4.79 Å². The highest BCUT2D eigenvalue weighted by atomic mass is 16.5. The summed E-state index contributed by atoms with van der Waals surface area (Å²) in [4.78, 5) is 23.1. The molecule has 0 aromatic heterocycles. The molecule has 0 spiro atoms. The van der Waals surface area contributed by atoms with Gasteiger partial charge in [-0.2, -0.15) is 0 Å². The van der Waals surface area contributed by atoms with Crippen LogP contribution in [-0.4, -0.2) is 34.3 Å². The number of aliphatic carboxylic acids is 2. The van der Waals surface area contributed by atoms with Gasteiger partial charge < -0.3 is 20.3 Å². The van der Waals surface area contributed by atoms with Crippen molar-refractivity contribution in [2.75, 3.05) is 6.54 Å². The molecule has 2 unspecified atom stereocenters. The van der Waals surface area contributed by atoms with Crippen LogP contribution in [0.5, 0.6) is 0 Å². The summed E-state index contributed by atoms with van der Waals surface area (Å²) in [6, 6.07) is 0. The second-order valence-electron chi connectivity index (χ2n) is 6.89. The zero-order chi connectivity index (χ0) is 16.1. The van der Waals surface area contributed by atoms with Gasteiger partial charge in [0, 0.05) is 5.41 Å². The molecule has 1 aliphatic heterocycles. The number of carbonyl (C=O) groups is 2. The zero-order valence-electron chi connectivity index (χ0n) is 12.7. The number of ether oxygens (including phenoxy) is 1. The van der Waals surface area contributed by atoms with Crippen LogP contribution in [0.3, 0.4) is 0 Å². The summed E-state index contributed by atoms with van der Waals surface area (Å²) >= 11 is 0. The number of rotatable bonds is 2. The summed E-state index contributed by atoms with van der Waals surface area (Å²) in [7, 11) is 0. The maximum absolute atomic E-state index is 11.8. The lowest BCUT2D eigenvalue weighted by molar-refractivity contribution is -0.176. The van der Waals surface area contributed by atoms with E-state index in [9.17, 15) is 19.8 Å². The molecule has 1 aliphatic carbocycles. The van der Waals surface area contributed by atoms with Gasteiger partial charge in [0.1, 0.15) is 5.76 Å². The molecule has 21 heavy (non-hydrogen) atoms. The summed E-state index contributed by atoms with van der Waals surface area (Å²) in [6.07, 6.45) is 3.59. The normalized spacial score (nSPS) is 32.0. The summed E-state index contributed by atoms with van der Waals surface area (Å²) in [5, 5.41) is 22.0. The van der Waals surface area contributed by atoms with Crippen LogP contribution in [0.1, 0.15) is 34.1 Å². The van der Waals surface area contributed by atoms with Crippen molar-refractivity contribution in [3.63, 3.8) is 0 Å². The second-order valence-corrected chi connectivity index (χ2v) is 6.89. The number of nitrogens with one attached hydrogen (secondary N) is 1. The molecular weight excluding hydrogens is 274 g/mol. The maximum Gasteiger partial charge on any atom is 0.350 e. The van der Waals surface area contributed by atoms with Crippen molar-refractivity contribution in [2.45, 2.75) is 39.7 Å². The predicted molar refractivity (Wildman–Crippen MR) is 75.4 cm³/mol. The van der Waals surface area contributed by atoms with Gasteiger partial charge in [0.15, 0.2) is 0 Å². The van der Waals surface area contributed by atoms with E-state index in [0.717, 1.165) is 0 Å². The first-order chi connectivity index (χ1) is 9.52. The fourth-order valence-corrected chi connectivity index (χ4v) is 2.54. The van der Waals surface area contributed by atoms with Crippen molar-refractivity contribution >= 4 is 11.9 Å². The number of hydrogen-bond acceptors (Lipinski definition) is 4. The average molecular weight is 295 g/mol. The van der Waals surface area contributed by atoms with Gasteiger partial charge in [0.25, 0.3) is 0 Å². The van der Waals surface area contributed by atoms with Crippen molar-refractivity contribution in [3.05, 3.63) is 23.6 Å². The standard InChI is InChI=1S/C15H21NO5/c1-13(2,3)15(12(19)20)8-16-9-5-6-14(4,11(17)18)7-10(9)21-15/h5,7,16H,6,8H2,1-4H3,(H,17,18)(H,19,20). The van der Waals surface area contributed by atoms with Gasteiger partial charge in [-0.1, -0.05) is 26.8 Å². The summed E-state index contributed by atoms with van der Waals surface area (Å²) in [5.41, 5.74) is -2.52. The molecule has 2 rings (SSSR count). The topological polar surface area (TPSA) is 95.9 Å². The van der Waals surface area contributed by atoms with Crippen LogP contribution in [0.2, 0.25) is 0 Å². The molecule has 1 saturated heterocycles. The zero-order valence-corrected chi connectivity index (χ0v) is 12.7. The number of allylic oxidation sites excluding steroid dienone is 1. The second kappa shape index (κ2) is 4.51. The first kappa shape index (κ1) is 15.4. The lowest BCUT2D eigenvalue weighted by Gasteiger charge is -2.46. The van der Waals surface area contributed by atoms with Crippen molar-refractivity contribution in [2.24, 2.45) is 10.8 Å². The van der Waals surface area contributed by atoms with Gasteiger partial charge >= 0.3 is 11.9 Å². The van der Waals surface area contributed by atoms with Gasteiger partial charge in [-0.3, -0.25) is 4.79 Å². The fourth-order valence-electron chi connectivity index (χ4n) is 2.54. The molecule has 0 aromatic carbocycles. The molecule has 6 heteroatoms. The fraction of sp³-hybridized carbons (Fsp3) is 0.600. The highest BCUT2D eigenvalue weighted by Crippen LogP contribution is 2.43.